The van der Waals surface area contributed by atoms with Crippen LogP contribution < -0.4 is 5.69 Å². The number of aromatic amines is 1. The van der Waals surface area contributed by atoms with Crippen molar-refractivity contribution < 1.29 is 0 Å². The lowest BCUT2D eigenvalue weighted by molar-refractivity contribution is 0.584. The molecule has 1 N–H and O–H groups in total. The van der Waals surface area contributed by atoms with Crippen molar-refractivity contribution in [3.63, 3.8) is 0 Å². The van der Waals surface area contributed by atoms with E-state index in [2.05, 4.69) is 90.6 Å². The molecule has 3 heterocycles. The second kappa shape index (κ2) is 10.2. The molecule has 0 unspecified atom stereocenters. The Morgan fingerprint density at radius 1 is 1.00 bits per heavy atom. The molecule has 2 aromatic carbocycles. The van der Waals surface area contributed by atoms with E-state index in [-0.39, 0.29) is 11.1 Å². The number of aromatic nitrogens is 7. The van der Waals surface area contributed by atoms with Gasteiger partial charge in [0.15, 0.2) is 0 Å². The van der Waals surface area contributed by atoms with Gasteiger partial charge in [0.2, 0.25) is 5.82 Å². The van der Waals surface area contributed by atoms with Crippen LogP contribution in [0.1, 0.15) is 56.5 Å². The van der Waals surface area contributed by atoms with Crippen LogP contribution >= 0.6 is 0 Å². The molecule has 0 amide bonds. The number of aryl methyl sites for hydroxylation is 2. The first-order valence-electron chi connectivity index (χ1n) is 13.0. The van der Waals surface area contributed by atoms with Crippen molar-refractivity contribution >= 4 is 0 Å². The molecular weight excluding hydrogens is 474 g/mol. The fourth-order valence-corrected chi connectivity index (χ4v) is 4.94. The van der Waals surface area contributed by atoms with Crippen molar-refractivity contribution in [3.05, 3.63) is 99.9 Å². The summed E-state index contributed by atoms with van der Waals surface area (Å²) >= 11 is 0. The minimum atomic E-state index is -0.0878. The Morgan fingerprint density at radius 3 is 2.47 bits per heavy atom. The van der Waals surface area contributed by atoms with Crippen LogP contribution in [0.3, 0.4) is 0 Å². The van der Waals surface area contributed by atoms with E-state index >= 15 is 0 Å². The third-order valence-corrected chi connectivity index (χ3v) is 6.82. The molecule has 0 saturated carbocycles. The number of imidazole rings is 1. The Kier molecular flexibility index (Phi) is 6.80. The van der Waals surface area contributed by atoms with E-state index in [9.17, 15) is 4.79 Å². The fourth-order valence-electron chi connectivity index (χ4n) is 4.94. The summed E-state index contributed by atoms with van der Waals surface area (Å²) in [4.78, 5) is 18.4. The molecular formula is C30H33N7O. The summed E-state index contributed by atoms with van der Waals surface area (Å²) in [6.07, 6.45) is 5.58. The van der Waals surface area contributed by atoms with Crippen molar-refractivity contribution in [2.45, 2.75) is 59.4 Å². The van der Waals surface area contributed by atoms with Gasteiger partial charge in [0.05, 0.1) is 17.9 Å². The van der Waals surface area contributed by atoms with Gasteiger partial charge in [0, 0.05) is 29.2 Å². The topological polar surface area (TPSA) is 94.3 Å². The number of nitrogens with zero attached hydrogens (tertiary/aromatic N) is 6. The van der Waals surface area contributed by atoms with Gasteiger partial charge in [0.25, 0.3) is 0 Å². The van der Waals surface area contributed by atoms with Crippen LogP contribution in [0.15, 0.2) is 71.8 Å². The third-order valence-electron chi connectivity index (χ3n) is 6.82. The highest BCUT2D eigenvalue weighted by Gasteiger charge is 2.23. The van der Waals surface area contributed by atoms with Gasteiger partial charge < -0.3 is 0 Å². The first kappa shape index (κ1) is 25.3. The quantitative estimate of drug-likeness (QED) is 0.314. The summed E-state index contributed by atoms with van der Waals surface area (Å²) in [5, 5.41) is 14.4. The van der Waals surface area contributed by atoms with E-state index in [0.717, 1.165) is 57.7 Å². The molecule has 0 atom stereocenters. The summed E-state index contributed by atoms with van der Waals surface area (Å²) in [5.41, 5.74) is 7.76. The second-order valence-corrected chi connectivity index (χ2v) is 10.7. The van der Waals surface area contributed by atoms with Crippen molar-refractivity contribution in [1.29, 1.82) is 0 Å². The van der Waals surface area contributed by atoms with Gasteiger partial charge in [-0.3, -0.25) is 14.1 Å². The average Bonchev–Trinajstić information content (AvgIpc) is 3.54. The molecule has 8 nitrogen and oxygen atoms in total. The van der Waals surface area contributed by atoms with Crippen LogP contribution in [0.4, 0.5) is 0 Å². The Balaban J connectivity index is 1.52. The van der Waals surface area contributed by atoms with E-state index in [0.29, 0.717) is 12.4 Å². The maximum absolute atomic E-state index is 13.9. The zero-order valence-corrected chi connectivity index (χ0v) is 22.6. The van der Waals surface area contributed by atoms with E-state index in [1.165, 1.54) is 0 Å². The molecule has 38 heavy (non-hydrogen) atoms. The van der Waals surface area contributed by atoms with Crippen LogP contribution in [0.2, 0.25) is 0 Å². The number of H-pyrrole nitrogens is 1. The molecule has 0 aliphatic heterocycles. The molecule has 0 aliphatic carbocycles. The summed E-state index contributed by atoms with van der Waals surface area (Å²) in [5.74, 6) is 0.500. The highest BCUT2D eigenvalue weighted by Crippen LogP contribution is 2.31. The van der Waals surface area contributed by atoms with Gasteiger partial charge in [0.1, 0.15) is 0 Å². The first-order chi connectivity index (χ1) is 18.3. The van der Waals surface area contributed by atoms with Gasteiger partial charge >= 0.3 is 5.69 Å². The Bertz CT molecular complexity index is 1600. The van der Waals surface area contributed by atoms with Crippen LogP contribution in [0.25, 0.3) is 28.3 Å². The lowest BCUT2D eigenvalue weighted by Crippen LogP contribution is -2.27. The Labute approximate surface area is 222 Å². The van der Waals surface area contributed by atoms with E-state index < -0.39 is 0 Å². The van der Waals surface area contributed by atoms with Gasteiger partial charge in [-0.25, -0.2) is 4.79 Å². The number of pyridine rings is 1. The lowest BCUT2D eigenvalue weighted by atomic mass is 9.84. The van der Waals surface area contributed by atoms with Crippen molar-refractivity contribution in [3.8, 4) is 28.3 Å². The third kappa shape index (κ3) is 4.81. The molecule has 5 rings (SSSR count). The van der Waals surface area contributed by atoms with Gasteiger partial charge in [-0.2, -0.15) is 5.21 Å². The number of benzene rings is 2. The van der Waals surface area contributed by atoms with Gasteiger partial charge in [-0.05, 0) is 52.8 Å². The zero-order valence-electron chi connectivity index (χ0n) is 22.6. The SMILES string of the molecule is CCCc1cn(-c2c(C)cccc2C(C)(C)C)c(=O)n1Cc1ccc(-c2ncccc2-c2nn[nH]n2)cc1. The molecule has 0 radical (unpaired) electrons. The highest BCUT2D eigenvalue weighted by atomic mass is 16.1. The normalized spacial score (nSPS) is 11.7. The smallest absolute Gasteiger partial charge is 0.292 e. The lowest BCUT2D eigenvalue weighted by Gasteiger charge is -2.24. The molecule has 0 fully saturated rings. The zero-order chi connectivity index (χ0) is 26.9. The predicted octanol–water partition coefficient (Wildman–Crippen LogP) is 5.49. The molecule has 0 bridgehead atoms. The maximum Gasteiger partial charge on any atom is 0.333 e. The largest absolute Gasteiger partial charge is 0.333 e. The standard InChI is InChI=1S/C30H33N7O/c1-6-9-23-19-37(27-20(2)10-7-12-25(27)30(3,4)5)29(38)36(23)18-21-13-15-22(16-14-21)26-24(11-8-17-31-26)28-32-34-35-33-28/h7-8,10-17,19H,6,9,18H2,1-5H3,(H,32,33,34,35). The fraction of sp³-hybridized carbons (Fsp3) is 0.300. The summed E-state index contributed by atoms with van der Waals surface area (Å²) < 4.78 is 3.75. The van der Waals surface area contributed by atoms with Crippen LogP contribution in [0.5, 0.6) is 0 Å². The van der Waals surface area contributed by atoms with E-state index in [4.69, 9.17) is 0 Å². The first-order valence-corrected chi connectivity index (χ1v) is 13.0. The summed E-state index contributed by atoms with van der Waals surface area (Å²) in [6, 6.07) is 18.2. The van der Waals surface area contributed by atoms with E-state index in [1.54, 1.807) is 6.20 Å². The summed E-state index contributed by atoms with van der Waals surface area (Å²) in [6.45, 7) is 11.3. The molecule has 0 saturated heterocycles. The monoisotopic (exact) mass is 507 g/mol. The van der Waals surface area contributed by atoms with Gasteiger partial charge in [-0.15, -0.1) is 10.2 Å². The minimum Gasteiger partial charge on any atom is -0.292 e. The predicted molar refractivity (Wildman–Crippen MR) is 149 cm³/mol. The molecule has 3 aromatic heterocycles. The molecule has 0 spiro atoms. The molecule has 8 heteroatoms. The van der Waals surface area contributed by atoms with E-state index in [1.807, 2.05) is 39.6 Å². The van der Waals surface area contributed by atoms with Crippen LogP contribution in [-0.4, -0.2) is 34.7 Å². The number of hydrogen-bond acceptors (Lipinski definition) is 5. The van der Waals surface area contributed by atoms with Crippen molar-refractivity contribution in [1.82, 2.24) is 34.7 Å². The molecule has 0 aliphatic rings. The average molecular weight is 508 g/mol. The number of para-hydroxylation sites is 1. The Hall–Kier alpha value is -4.33. The minimum absolute atomic E-state index is 0.0126. The van der Waals surface area contributed by atoms with Crippen LogP contribution in [-0.2, 0) is 18.4 Å². The second-order valence-electron chi connectivity index (χ2n) is 10.7. The van der Waals surface area contributed by atoms with Gasteiger partial charge in [-0.1, -0.05) is 76.6 Å². The van der Waals surface area contributed by atoms with Crippen molar-refractivity contribution in [2.24, 2.45) is 0 Å². The number of rotatable bonds is 7. The number of tetrazole rings is 1. The van der Waals surface area contributed by atoms with Crippen LogP contribution in [0, 0.1) is 6.92 Å². The highest BCUT2D eigenvalue weighted by molar-refractivity contribution is 5.76. The van der Waals surface area contributed by atoms with Crippen molar-refractivity contribution in [2.75, 3.05) is 0 Å². The summed E-state index contributed by atoms with van der Waals surface area (Å²) in [7, 11) is 0. The Morgan fingerprint density at radius 2 is 1.79 bits per heavy atom. The molecule has 5 aromatic rings. The number of nitrogens with one attached hydrogen (secondary N) is 1. The molecule has 194 valence electrons. The number of hydrogen-bond donors (Lipinski definition) is 1. The maximum atomic E-state index is 13.9.